The molecule has 0 spiro atoms. The van der Waals surface area contributed by atoms with E-state index in [9.17, 15) is 9.59 Å². The molecule has 2 fully saturated rings. The molecule has 2 aliphatic rings. The Hall–Kier alpha value is -2.75. The van der Waals surface area contributed by atoms with Crippen molar-refractivity contribution in [3.8, 4) is 0 Å². The van der Waals surface area contributed by atoms with Crippen LogP contribution in [-0.4, -0.2) is 77.2 Å². The summed E-state index contributed by atoms with van der Waals surface area (Å²) in [5.41, 5.74) is 2.79. The molecule has 2 N–H and O–H groups in total. The van der Waals surface area contributed by atoms with Crippen molar-refractivity contribution in [3.63, 3.8) is 0 Å². The van der Waals surface area contributed by atoms with Gasteiger partial charge in [-0.1, -0.05) is 0 Å². The minimum Gasteiger partial charge on any atom is -0.381 e. The number of hydrogen-bond donors (Lipinski definition) is 2. The third-order valence-corrected chi connectivity index (χ3v) is 6.90. The number of aromatic amines is 1. The molecule has 0 aliphatic carbocycles. The molecule has 9 nitrogen and oxygen atoms in total. The van der Waals surface area contributed by atoms with Gasteiger partial charge in [-0.15, -0.1) is 0 Å². The summed E-state index contributed by atoms with van der Waals surface area (Å²) in [5, 5.41) is 9.03. The molecular formula is C25H33N5O4. The smallest absolute Gasteiger partial charge is 0.259 e. The molecule has 2 saturated heterocycles. The van der Waals surface area contributed by atoms with Gasteiger partial charge in [0.05, 0.1) is 40.9 Å². The number of hydrogen-bond acceptors (Lipinski definition) is 6. The van der Waals surface area contributed by atoms with E-state index in [0.717, 1.165) is 54.5 Å². The Bertz CT molecular complexity index is 1250. The van der Waals surface area contributed by atoms with Gasteiger partial charge in [0.15, 0.2) is 0 Å². The first-order chi connectivity index (χ1) is 16.4. The highest BCUT2D eigenvalue weighted by molar-refractivity contribution is 6.07. The second-order valence-corrected chi connectivity index (χ2v) is 9.63. The zero-order valence-electron chi connectivity index (χ0n) is 20.1. The lowest BCUT2D eigenvalue weighted by molar-refractivity contribution is -0.0672. The van der Waals surface area contributed by atoms with Crippen LogP contribution in [-0.2, 0) is 9.47 Å². The van der Waals surface area contributed by atoms with Gasteiger partial charge in [-0.05, 0) is 51.3 Å². The summed E-state index contributed by atoms with van der Waals surface area (Å²) < 4.78 is 13.3. The summed E-state index contributed by atoms with van der Waals surface area (Å²) in [7, 11) is 0. The maximum atomic E-state index is 13.1. The molecule has 0 unspecified atom stereocenters. The van der Waals surface area contributed by atoms with Crippen molar-refractivity contribution in [2.75, 3.05) is 39.4 Å². The monoisotopic (exact) mass is 467 g/mol. The maximum absolute atomic E-state index is 13.1. The van der Waals surface area contributed by atoms with Crippen LogP contribution in [0.15, 0.2) is 23.1 Å². The number of H-pyrrole nitrogens is 1. The molecule has 9 heteroatoms. The number of morpholine rings is 1. The summed E-state index contributed by atoms with van der Waals surface area (Å²) in [5.74, 6) is -0.106. The molecule has 0 radical (unpaired) electrons. The van der Waals surface area contributed by atoms with Crippen molar-refractivity contribution in [1.82, 2.24) is 25.0 Å². The van der Waals surface area contributed by atoms with Gasteiger partial charge < -0.3 is 19.8 Å². The van der Waals surface area contributed by atoms with Crippen molar-refractivity contribution in [1.29, 1.82) is 0 Å². The first-order valence-electron chi connectivity index (χ1n) is 12.2. The van der Waals surface area contributed by atoms with Crippen LogP contribution in [0.25, 0.3) is 21.8 Å². The number of carbonyl (C=O) groups excluding carboxylic acids is 1. The summed E-state index contributed by atoms with van der Waals surface area (Å²) in [6, 6.07) is 3.96. The van der Waals surface area contributed by atoms with E-state index in [-0.39, 0.29) is 29.7 Å². The standard InChI is InChI=1S/C25H33N5O4/c1-15-10-22-20(11-19(15)24(31)26-6-7-29-13-16(2)34-17(3)14-29)23-21(25(32)28-22)12-27-30(23)18-4-8-33-9-5-18/h10-12,16-18H,4-9,13-14H2,1-3H3,(H,26,31)(H,28,32)/t16-,17+. The predicted molar refractivity (Wildman–Crippen MR) is 130 cm³/mol. The van der Waals surface area contributed by atoms with E-state index < -0.39 is 0 Å². The second-order valence-electron chi connectivity index (χ2n) is 9.63. The van der Waals surface area contributed by atoms with Crippen LogP contribution in [0.4, 0.5) is 0 Å². The zero-order chi connectivity index (χ0) is 23.8. The van der Waals surface area contributed by atoms with Gasteiger partial charge in [0.25, 0.3) is 11.5 Å². The number of aromatic nitrogens is 3. The first kappa shape index (κ1) is 23.0. The lowest BCUT2D eigenvalue weighted by atomic mass is 10.0. The van der Waals surface area contributed by atoms with Crippen molar-refractivity contribution in [3.05, 3.63) is 39.8 Å². The predicted octanol–water partition coefficient (Wildman–Crippen LogP) is 2.38. The Kier molecular flexibility index (Phi) is 6.42. The maximum Gasteiger partial charge on any atom is 0.259 e. The average molecular weight is 468 g/mol. The third-order valence-electron chi connectivity index (χ3n) is 6.90. The lowest BCUT2D eigenvalue weighted by Gasteiger charge is -2.35. The highest BCUT2D eigenvalue weighted by atomic mass is 16.5. The number of pyridine rings is 1. The fourth-order valence-corrected chi connectivity index (χ4v) is 5.33. The number of aryl methyl sites for hydroxylation is 1. The van der Waals surface area contributed by atoms with Gasteiger partial charge in [-0.2, -0.15) is 5.10 Å². The SMILES string of the molecule is Cc1cc2[nH]c(=O)c3cnn(C4CCOCC4)c3c2cc1C(=O)NCCN1C[C@@H](C)O[C@@H](C)C1. The second kappa shape index (κ2) is 9.48. The van der Waals surface area contributed by atoms with Crippen molar-refractivity contribution in [2.24, 2.45) is 0 Å². The Balaban J connectivity index is 1.42. The molecule has 1 aromatic carbocycles. The van der Waals surface area contributed by atoms with E-state index in [1.54, 1.807) is 6.20 Å². The van der Waals surface area contributed by atoms with Gasteiger partial charge in [-0.3, -0.25) is 19.2 Å². The molecule has 2 atom stereocenters. The molecule has 3 aromatic rings. The Morgan fingerprint density at radius 1 is 1.18 bits per heavy atom. The van der Waals surface area contributed by atoms with Crippen LogP contribution in [0.3, 0.4) is 0 Å². The van der Waals surface area contributed by atoms with Gasteiger partial charge in [-0.25, -0.2) is 0 Å². The number of nitrogens with zero attached hydrogens (tertiary/aromatic N) is 3. The summed E-state index contributed by atoms with van der Waals surface area (Å²) >= 11 is 0. The molecular weight excluding hydrogens is 434 g/mol. The van der Waals surface area contributed by atoms with Crippen LogP contribution < -0.4 is 10.9 Å². The number of benzene rings is 1. The van der Waals surface area contributed by atoms with Gasteiger partial charge in [0, 0.05) is 50.3 Å². The molecule has 2 aromatic heterocycles. The van der Waals surface area contributed by atoms with E-state index in [2.05, 4.69) is 34.1 Å². The highest BCUT2D eigenvalue weighted by Crippen LogP contribution is 2.29. The fraction of sp³-hybridized carbons (Fsp3) is 0.560. The van der Waals surface area contributed by atoms with Crippen molar-refractivity contribution >= 4 is 27.7 Å². The molecule has 4 heterocycles. The van der Waals surface area contributed by atoms with E-state index in [4.69, 9.17) is 9.47 Å². The summed E-state index contributed by atoms with van der Waals surface area (Å²) in [6.45, 7) is 10.5. The van der Waals surface area contributed by atoms with Gasteiger partial charge >= 0.3 is 0 Å². The van der Waals surface area contributed by atoms with Crippen molar-refractivity contribution < 1.29 is 14.3 Å². The molecule has 0 bridgehead atoms. The van der Waals surface area contributed by atoms with Gasteiger partial charge in [0.2, 0.25) is 0 Å². The van der Waals surface area contributed by atoms with Crippen molar-refractivity contribution in [2.45, 2.75) is 51.9 Å². The quantitative estimate of drug-likeness (QED) is 0.598. The number of rotatable bonds is 5. The van der Waals surface area contributed by atoms with Crippen LogP contribution in [0.1, 0.15) is 48.7 Å². The number of fused-ring (bicyclic) bond motifs is 3. The number of nitrogens with one attached hydrogen (secondary N) is 2. The number of amides is 1. The minimum atomic E-state index is -0.161. The van der Waals surface area contributed by atoms with Crippen LogP contribution in [0.5, 0.6) is 0 Å². The number of carbonyl (C=O) groups is 1. The van der Waals surface area contributed by atoms with E-state index in [1.807, 2.05) is 23.7 Å². The van der Waals surface area contributed by atoms with Crippen LogP contribution >= 0.6 is 0 Å². The topological polar surface area (TPSA) is 101 Å². The molecule has 34 heavy (non-hydrogen) atoms. The average Bonchev–Trinajstić information content (AvgIpc) is 3.25. The number of ether oxygens (including phenoxy) is 2. The lowest BCUT2D eigenvalue weighted by Crippen LogP contribution is -2.47. The minimum absolute atomic E-state index is 0.106. The highest BCUT2D eigenvalue weighted by Gasteiger charge is 2.23. The van der Waals surface area contributed by atoms with E-state index in [1.165, 1.54) is 0 Å². The normalized spacial score (nSPS) is 22.4. The Labute approximate surface area is 198 Å². The van der Waals surface area contributed by atoms with E-state index >= 15 is 0 Å². The third kappa shape index (κ3) is 4.47. The van der Waals surface area contributed by atoms with Gasteiger partial charge in [0.1, 0.15) is 0 Å². The molecule has 1 amide bonds. The molecule has 182 valence electrons. The molecule has 2 aliphatic heterocycles. The Morgan fingerprint density at radius 2 is 1.91 bits per heavy atom. The Morgan fingerprint density at radius 3 is 2.65 bits per heavy atom. The van der Waals surface area contributed by atoms with E-state index in [0.29, 0.717) is 30.7 Å². The zero-order valence-corrected chi connectivity index (χ0v) is 20.1. The largest absolute Gasteiger partial charge is 0.381 e. The fourth-order valence-electron chi connectivity index (χ4n) is 5.33. The summed E-state index contributed by atoms with van der Waals surface area (Å²) in [4.78, 5) is 31.2. The molecule has 0 saturated carbocycles. The first-order valence-corrected chi connectivity index (χ1v) is 12.2. The van der Waals surface area contributed by atoms with Crippen LogP contribution in [0.2, 0.25) is 0 Å². The summed E-state index contributed by atoms with van der Waals surface area (Å²) in [6.07, 6.45) is 3.73. The molecule has 5 rings (SSSR count). The van der Waals surface area contributed by atoms with Crippen LogP contribution in [0, 0.1) is 6.92 Å².